The molecule has 1 aliphatic heterocycles. The van der Waals surface area contributed by atoms with Crippen molar-refractivity contribution in [1.29, 1.82) is 0 Å². The van der Waals surface area contributed by atoms with E-state index >= 15 is 0 Å². The van der Waals surface area contributed by atoms with Crippen molar-refractivity contribution in [2.24, 2.45) is 12.5 Å². The highest BCUT2D eigenvalue weighted by Gasteiger charge is 2.61. The normalized spacial score (nSPS) is 17.9. The maximum Gasteiger partial charge on any atom is 0.249 e. The average Bonchev–Trinajstić information content (AvgIpc) is 3.36. The van der Waals surface area contributed by atoms with Crippen LogP contribution in [0.2, 0.25) is 0 Å². The Labute approximate surface area is 192 Å². The van der Waals surface area contributed by atoms with Gasteiger partial charge in [0.2, 0.25) is 17.8 Å². The summed E-state index contributed by atoms with van der Waals surface area (Å²) in [6, 6.07) is 11.0. The zero-order valence-electron chi connectivity index (χ0n) is 18.3. The lowest BCUT2D eigenvalue weighted by Crippen LogP contribution is -2.66. The Hall–Kier alpha value is -3.89. The smallest absolute Gasteiger partial charge is 0.249 e. The molecule has 2 aliphatic rings. The quantitative estimate of drug-likeness (QED) is 0.454. The number of nitrogens with zero attached hydrogens (tertiary/aromatic N) is 6. The fourth-order valence-electron chi connectivity index (χ4n) is 4.85. The van der Waals surface area contributed by atoms with E-state index < -0.39 is 11.9 Å². The van der Waals surface area contributed by atoms with Crippen molar-refractivity contribution < 1.29 is 13.2 Å². The number of alkyl halides is 2. The van der Waals surface area contributed by atoms with Crippen LogP contribution in [0.4, 0.5) is 30.6 Å². The van der Waals surface area contributed by atoms with Gasteiger partial charge in [-0.3, -0.25) is 5.10 Å². The highest BCUT2D eigenvalue weighted by atomic mass is 19.3. The minimum Gasteiger partial charge on any atom is -0.355 e. The molecule has 8 nitrogen and oxygen atoms in total. The molecular formula is C23H21F3N8. The minimum atomic E-state index is -2.50. The Morgan fingerprint density at radius 1 is 1.00 bits per heavy atom. The van der Waals surface area contributed by atoms with Crippen LogP contribution in [-0.4, -0.2) is 49.0 Å². The molecule has 6 rings (SSSR count). The van der Waals surface area contributed by atoms with Crippen LogP contribution in [0.5, 0.6) is 0 Å². The van der Waals surface area contributed by atoms with Crippen LogP contribution in [0.3, 0.4) is 0 Å². The van der Waals surface area contributed by atoms with E-state index in [2.05, 4.69) is 30.6 Å². The highest BCUT2D eigenvalue weighted by molar-refractivity contribution is 5.67. The molecule has 174 valence electrons. The summed E-state index contributed by atoms with van der Waals surface area (Å²) in [5.41, 5.74) is 2.40. The number of hydrogen-bond donors (Lipinski definition) is 2. The fourth-order valence-corrected chi connectivity index (χ4v) is 4.85. The lowest BCUT2D eigenvalue weighted by Gasteiger charge is -2.59. The van der Waals surface area contributed by atoms with Gasteiger partial charge in [0.05, 0.1) is 11.8 Å². The Balaban J connectivity index is 1.12. The molecule has 0 radical (unpaired) electrons. The summed E-state index contributed by atoms with van der Waals surface area (Å²) in [4.78, 5) is 11.1. The van der Waals surface area contributed by atoms with Crippen LogP contribution in [-0.2, 0) is 7.05 Å². The topological polar surface area (TPSA) is 87.6 Å². The number of anilines is 3. The number of benzene rings is 1. The van der Waals surface area contributed by atoms with Gasteiger partial charge >= 0.3 is 0 Å². The number of halogens is 3. The maximum atomic E-state index is 13.7. The number of rotatable bonds is 5. The van der Waals surface area contributed by atoms with Crippen LogP contribution >= 0.6 is 0 Å². The van der Waals surface area contributed by atoms with E-state index in [9.17, 15) is 13.2 Å². The van der Waals surface area contributed by atoms with Crippen molar-refractivity contribution in [3.63, 3.8) is 0 Å². The molecule has 3 aromatic heterocycles. The average molecular weight is 466 g/mol. The molecule has 1 saturated heterocycles. The second-order valence-electron chi connectivity index (χ2n) is 9.15. The van der Waals surface area contributed by atoms with Crippen molar-refractivity contribution in [3.8, 4) is 22.5 Å². The first-order valence-electron chi connectivity index (χ1n) is 10.9. The SMILES string of the molecule is Cn1nc(-c2ccc(N3CC4(C3)CC(F)(F)C4)nc2)nc1Nc1ccc(-c2cn[nH]c2F)cc1. The van der Waals surface area contributed by atoms with E-state index in [0.29, 0.717) is 36.0 Å². The third-order valence-electron chi connectivity index (χ3n) is 6.46. The van der Waals surface area contributed by atoms with E-state index in [1.54, 1.807) is 30.1 Å². The molecule has 0 amide bonds. The van der Waals surface area contributed by atoms with Crippen molar-refractivity contribution in [1.82, 2.24) is 29.9 Å². The number of aromatic nitrogens is 6. The Morgan fingerprint density at radius 3 is 2.35 bits per heavy atom. The first-order valence-corrected chi connectivity index (χ1v) is 10.9. The summed E-state index contributed by atoms with van der Waals surface area (Å²) in [7, 11) is 1.78. The van der Waals surface area contributed by atoms with Gasteiger partial charge in [0, 0.05) is 55.8 Å². The highest BCUT2D eigenvalue weighted by Crippen LogP contribution is 2.57. The van der Waals surface area contributed by atoms with Gasteiger partial charge in [-0.05, 0) is 29.8 Å². The Bertz CT molecular complexity index is 1330. The number of H-pyrrole nitrogens is 1. The molecule has 0 bridgehead atoms. The van der Waals surface area contributed by atoms with Crippen molar-refractivity contribution in [2.75, 3.05) is 23.3 Å². The lowest BCUT2D eigenvalue weighted by atomic mass is 9.61. The number of hydrogen-bond acceptors (Lipinski definition) is 6. The molecule has 1 aromatic carbocycles. The third kappa shape index (κ3) is 3.57. The summed E-state index contributed by atoms with van der Waals surface area (Å²) in [6.07, 6.45) is 3.09. The molecule has 1 aliphatic carbocycles. The second kappa shape index (κ2) is 7.31. The summed E-state index contributed by atoms with van der Waals surface area (Å²) in [6.45, 7) is 1.24. The molecule has 4 aromatic rings. The molecule has 1 saturated carbocycles. The van der Waals surface area contributed by atoms with Crippen LogP contribution in [0.1, 0.15) is 12.8 Å². The number of nitrogens with one attached hydrogen (secondary N) is 2. The summed E-state index contributed by atoms with van der Waals surface area (Å²) < 4.78 is 41.7. The standard InChI is InChI=1S/C23H21F3N8/c1-33-21(29-16-5-2-14(3-6-16)17-9-28-31-19(17)24)30-20(32-33)15-4-7-18(27-8-15)34-12-22(13-34)10-23(25,26)11-22/h2-9H,10-13H2,1H3,(H,28,31)(H,29,30,32). The van der Waals surface area contributed by atoms with Gasteiger partial charge in [0.15, 0.2) is 5.82 Å². The lowest BCUT2D eigenvalue weighted by molar-refractivity contribution is -0.170. The summed E-state index contributed by atoms with van der Waals surface area (Å²) in [5.74, 6) is -1.15. The monoisotopic (exact) mass is 466 g/mol. The van der Waals surface area contributed by atoms with Crippen LogP contribution < -0.4 is 10.2 Å². The first-order chi connectivity index (χ1) is 16.3. The minimum absolute atomic E-state index is 0.0227. The zero-order valence-corrected chi connectivity index (χ0v) is 18.3. The van der Waals surface area contributed by atoms with Crippen molar-refractivity contribution in [3.05, 3.63) is 54.7 Å². The van der Waals surface area contributed by atoms with E-state index in [1.165, 1.54) is 6.20 Å². The maximum absolute atomic E-state index is 13.7. The first kappa shape index (κ1) is 20.7. The van der Waals surface area contributed by atoms with Crippen LogP contribution in [0.15, 0.2) is 48.8 Å². The molecule has 1 spiro atoms. The van der Waals surface area contributed by atoms with Gasteiger partial charge in [-0.15, -0.1) is 5.10 Å². The van der Waals surface area contributed by atoms with Crippen LogP contribution in [0.25, 0.3) is 22.5 Å². The Kier molecular flexibility index (Phi) is 4.45. The van der Waals surface area contributed by atoms with E-state index in [1.807, 2.05) is 29.2 Å². The molecule has 4 heterocycles. The third-order valence-corrected chi connectivity index (χ3v) is 6.46. The number of aryl methyl sites for hydroxylation is 1. The predicted molar refractivity (Wildman–Crippen MR) is 120 cm³/mol. The molecule has 2 N–H and O–H groups in total. The van der Waals surface area contributed by atoms with Gasteiger partial charge in [-0.25, -0.2) is 18.4 Å². The largest absolute Gasteiger partial charge is 0.355 e. The molecule has 0 unspecified atom stereocenters. The van der Waals surface area contributed by atoms with Gasteiger partial charge in [0.1, 0.15) is 5.82 Å². The predicted octanol–water partition coefficient (Wildman–Crippen LogP) is 4.39. The fraction of sp³-hybridized carbons (Fsp3) is 0.304. The van der Waals surface area contributed by atoms with Crippen LogP contribution in [0, 0.1) is 11.4 Å². The van der Waals surface area contributed by atoms with Crippen molar-refractivity contribution in [2.45, 2.75) is 18.8 Å². The zero-order chi connectivity index (χ0) is 23.5. The summed E-state index contributed by atoms with van der Waals surface area (Å²) >= 11 is 0. The Morgan fingerprint density at radius 2 is 1.74 bits per heavy atom. The number of pyridine rings is 1. The van der Waals surface area contributed by atoms with E-state index in [4.69, 9.17) is 0 Å². The molecule has 11 heteroatoms. The van der Waals surface area contributed by atoms with Gasteiger partial charge in [-0.2, -0.15) is 14.5 Å². The van der Waals surface area contributed by atoms with E-state index in [0.717, 1.165) is 17.1 Å². The summed E-state index contributed by atoms with van der Waals surface area (Å²) in [5, 5.41) is 13.7. The van der Waals surface area contributed by atoms with Gasteiger partial charge in [-0.1, -0.05) is 12.1 Å². The molecule has 0 atom stereocenters. The van der Waals surface area contributed by atoms with Gasteiger partial charge < -0.3 is 10.2 Å². The molecule has 34 heavy (non-hydrogen) atoms. The van der Waals surface area contributed by atoms with Gasteiger partial charge in [0.25, 0.3) is 0 Å². The second-order valence-corrected chi connectivity index (χ2v) is 9.15. The molecular weight excluding hydrogens is 445 g/mol. The number of aromatic amines is 1. The van der Waals surface area contributed by atoms with Crippen molar-refractivity contribution >= 4 is 17.5 Å². The molecule has 2 fully saturated rings. The van der Waals surface area contributed by atoms with E-state index in [-0.39, 0.29) is 18.3 Å².